The van der Waals surface area contributed by atoms with E-state index in [-0.39, 0.29) is 23.0 Å². The fraction of sp³-hybridized carbons (Fsp3) is 0.200. The summed E-state index contributed by atoms with van der Waals surface area (Å²) in [5.74, 6) is -1.64. The number of hydrogen-bond donors (Lipinski definition) is 3. The first-order chi connectivity index (χ1) is 10.9. The highest BCUT2D eigenvalue weighted by Gasteiger charge is 2.18. The maximum atomic E-state index is 13.0. The van der Waals surface area contributed by atoms with Crippen molar-refractivity contribution >= 4 is 29.1 Å². The molecule has 2 aromatic rings. The fourth-order valence-corrected chi connectivity index (χ4v) is 1.95. The third-order valence-electron chi connectivity index (χ3n) is 2.93. The van der Waals surface area contributed by atoms with Crippen LogP contribution < -0.4 is 10.6 Å². The molecule has 2 amide bonds. The minimum Gasteiger partial charge on any atom is -0.464 e. The SMILES string of the molecule is Cc1ccc(C(O)CNC(=O)C(=O)Nc2ccc(F)c(Cl)c2)o1. The summed E-state index contributed by atoms with van der Waals surface area (Å²) >= 11 is 5.58. The van der Waals surface area contributed by atoms with Crippen LogP contribution in [0.3, 0.4) is 0 Å². The number of carbonyl (C=O) groups excluding carboxylic acids is 2. The Morgan fingerprint density at radius 1 is 1.30 bits per heavy atom. The monoisotopic (exact) mass is 340 g/mol. The molecule has 1 aromatic heterocycles. The van der Waals surface area contributed by atoms with Gasteiger partial charge in [0.05, 0.1) is 11.6 Å². The second-order valence-electron chi connectivity index (χ2n) is 4.76. The highest BCUT2D eigenvalue weighted by Crippen LogP contribution is 2.19. The van der Waals surface area contributed by atoms with Gasteiger partial charge in [-0.1, -0.05) is 11.6 Å². The molecular weight excluding hydrogens is 327 g/mol. The van der Waals surface area contributed by atoms with Crippen LogP contribution in [0.15, 0.2) is 34.7 Å². The standard InChI is InChI=1S/C15H14ClFN2O4/c1-8-2-5-13(23-8)12(20)7-18-14(21)15(22)19-9-3-4-11(17)10(16)6-9/h2-6,12,20H,7H2,1H3,(H,18,21)(H,19,22). The number of nitrogens with one attached hydrogen (secondary N) is 2. The molecule has 0 radical (unpaired) electrons. The number of aliphatic hydroxyl groups is 1. The molecule has 23 heavy (non-hydrogen) atoms. The van der Waals surface area contributed by atoms with E-state index in [1.165, 1.54) is 12.1 Å². The van der Waals surface area contributed by atoms with Crippen molar-refractivity contribution in [1.82, 2.24) is 5.32 Å². The van der Waals surface area contributed by atoms with Gasteiger partial charge in [0, 0.05) is 5.69 Å². The van der Waals surface area contributed by atoms with Crippen LogP contribution in [-0.4, -0.2) is 23.5 Å². The molecule has 0 fully saturated rings. The van der Waals surface area contributed by atoms with Gasteiger partial charge in [-0.3, -0.25) is 9.59 Å². The lowest BCUT2D eigenvalue weighted by Crippen LogP contribution is -2.37. The summed E-state index contributed by atoms with van der Waals surface area (Å²) in [5.41, 5.74) is 0.179. The average molecular weight is 341 g/mol. The third-order valence-corrected chi connectivity index (χ3v) is 3.22. The molecule has 3 N–H and O–H groups in total. The van der Waals surface area contributed by atoms with Gasteiger partial charge in [-0.15, -0.1) is 0 Å². The summed E-state index contributed by atoms with van der Waals surface area (Å²) in [4.78, 5) is 23.4. The quantitative estimate of drug-likeness (QED) is 0.744. The van der Waals surface area contributed by atoms with Crippen molar-refractivity contribution in [3.05, 3.63) is 52.7 Å². The second-order valence-corrected chi connectivity index (χ2v) is 5.16. The highest BCUT2D eigenvalue weighted by atomic mass is 35.5. The Bertz CT molecular complexity index is 732. The molecule has 8 heteroatoms. The van der Waals surface area contributed by atoms with E-state index in [0.717, 1.165) is 6.07 Å². The number of amides is 2. The molecule has 0 spiro atoms. The zero-order valence-corrected chi connectivity index (χ0v) is 12.9. The van der Waals surface area contributed by atoms with Crippen molar-refractivity contribution in [2.45, 2.75) is 13.0 Å². The Balaban J connectivity index is 1.87. The van der Waals surface area contributed by atoms with Crippen LogP contribution in [0.2, 0.25) is 5.02 Å². The molecule has 1 unspecified atom stereocenters. The van der Waals surface area contributed by atoms with E-state index >= 15 is 0 Å². The van der Waals surface area contributed by atoms with Crippen molar-refractivity contribution in [3.8, 4) is 0 Å². The van der Waals surface area contributed by atoms with E-state index < -0.39 is 23.7 Å². The molecule has 0 saturated heterocycles. The van der Waals surface area contributed by atoms with Crippen molar-refractivity contribution in [3.63, 3.8) is 0 Å². The van der Waals surface area contributed by atoms with E-state index in [0.29, 0.717) is 5.76 Å². The summed E-state index contributed by atoms with van der Waals surface area (Å²) in [6, 6.07) is 6.77. The smallest absolute Gasteiger partial charge is 0.313 e. The molecule has 0 aliphatic rings. The van der Waals surface area contributed by atoms with Crippen LogP contribution in [-0.2, 0) is 9.59 Å². The molecule has 1 aromatic carbocycles. The molecule has 122 valence electrons. The Kier molecular flexibility index (Phi) is 5.36. The maximum absolute atomic E-state index is 13.0. The average Bonchev–Trinajstić information content (AvgIpc) is 2.94. The van der Waals surface area contributed by atoms with Crippen LogP contribution in [0.25, 0.3) is 0 Å². The number of halogens is 2. The van der Waals surface area contributed by atoms with Crippen LogP contribution >= 0.6 is 11.6 Å². The van der Waals surface area contributed by atoms with Gasteiger partial charge >= 0.3 is 11.8 Å². The minimum absolute atomic E-state index is 0.174. The van der Waals surface area contributed by atoms with E-state index in [9.17, 15) is 19.1 Å². The summed E-state index contributed by atoms with van der Waals surface area (Å²) in [5, 5.41) is 14.2. The van der Waals surface area contributed by atoms with Crippen LogP contribution in [0.1, 0.15) is 17.6 Å². The third kappa shape index (κ3) is 4.54. The van der Waals surface area contributed by atoms with Crippen LogP contribution in [0, 0.1) is 12.7 Å². The maximum Gasteiger partial charge on any atom is 0.313 e. The molecule has 0 aliphatic heterocycles. The summed E-state index contributed by atoms with van der Waals surface area (Å²) in [6.45, 7) is 1.53. The van der Waals surface area contributed by atoms with Crippen LogP contribution in [0.4, 0.5) is 10.1 Å². The second kappa shape index (κ2) is 7.26. The Hall–Kier alpha value is -2.38. The molecule has 0 saturated carbocycles. The lowest BCUT2D eigenvalue weighted by atomic mass is 10.2. The number of rotatable bonds is 4. The van der Waals surface area contributed by atoms with Gasteiger partial charge in [0.1, 0.15) is 23.4 Å². The van der Waals surface area contributed by atoms with Gasteiger partial charge in [-0.05, 0) is 37.3 Å². The van der Waals surface area contributed by atoms with Gasteiger partial charge in [-0.2, -0.15) is 0 Å². The van der Waals surface area contributed by atoms with Crippen LogP contribution in [0.5, 0.6) is 0 Å². The molecule has 6 nitrogen and oxygen atoms in total. The number of aliphatic hydroxyl groups excluding tert-OH is 1. The summed E-state index contributed by atoms with van der Waals surface area (Å²) < 4.78 is 18.2. The number of furan rings is 1. The predicted octanol–water partition coefficient (Wildman–Crippen LogP) is 2.17. The number of carbonyl (C=O) groups is 2. The first kappa shape index (κ1) is 17.0. The lowest BCUT2D eigenvalue weighted by molar-refractivity contribution is -0.136. The Labute approximate surface area is 136 Å². The lowest BCUT2D eigenvalue weighted by Gasteiger charge is -2.10. The van der Waals surface area contributed by atoms with Gasteiger partial charge < -0.3 is 20.2 Å². The Morgan fingerprint density at radius 2 is 2.04 bits per heavy atom. The van der Waals surface area contributed by atoms with Crippen molar-refractivity contribution in [1.29, 1.82) is 0 Å². The molecule has 2 rings (SSSR count). The first-order valence-electron chi connectivity index (χ1n) is 6.65. The van der Waals surface area contributed by atoms with E-state index in [2.05, 4.69) is 10.6 Å². The number of hydrogen-bond acceptors (Lipinski definition) is 4. The topological polar surface area (TPSA) is 91.6 Å². The van der Waals surface area contributed by atoms with Crippen molar-refractivity contribution < 1.29 is 23.5 Å². The summed E-state index contributed by atoms with van der Waals surface area (Å²) in [6.07, 6.45) is -1.07. The fourth-order valence-electron chi connectivity index (χ4n) is 1.76. The molecule has 1 heterocycles. The van der Waals surface area contributed by atoms with Crippen molar-refractivity contribution in [2.75, 3.05) is 11.9 Å². The van der Waals surface area contributed by atoms with Gasteiger partial charge in [-0.25, -0.2) is 4.39 Å². The molecule has 1 atom stereocenters. The zero-order chi connectivity index (χ0) is 17.0. The number of aryl methyl sites for hydroxylation is 1. The number of anilines is 1. The van der Waals surface area contributed by atoms with E-state index in [1.54, 1.807) is 19.1 Å². The predicted molar refractivity (Wildman–Crippen MR) is 81.5 cm³/mol. The van der Waals surface area contributed by atoms with Crippen molar-refractivity contribution in [2.24, 2.45) is 0 Å². The molecule has 0 bridgehead atoms. The zero-order valence-electron chi connectivity index (χ0n) is 12.1. The van der Waals surface area contributed by atoms with Gasteiger partial charge in [0.25, 0.3) is 0 Å². The normalized spacial score (nSPS) is 11.8. The van der Waals surface area contributed by atoms with Gasteiger partial charge in [0.15, 0.2) is 0 Å². The largest absolute Gasteiger partial charge is 0.464 e. The van der Waals surface area contributed by atoms with E-state index in [1.807, 2.05) is 0 Å². The molecular formula is C15H14ClFN2O4. The minimum atomic E-state index is -1.07. The van der Waals surface area contributed by atoms with Gasteiger partial charge in [0.2, 0.25) is 0 Å². The summed E-state index contributed by atoms with van der Waals surface area (Å²) in [7, 11) is 0. The first-order valence-corrected chi connectivity index (χ1v) is 7.03. The Morgan fingerprint density at radius 3 is 2.65 bits per heavy atom. The number of benzene rings is 1. The van der Waals surface area contributed by atoms with E-state index in [4.69, 9.17) is 16.0 Å². The molecule has 0 aliphatic carbocycles. The highest BCUT2D eigenvalue weighted by molar-refractivity contribution is 6.39.